The average molecular weight is 312 g/mol. The van der Waals surface area contributed by atoms with Crippen LogP contribution in [0.5, 0.6) is 11.5 Å². The predicted octanol–water partition coefficient (Wildman–Crippen LogP) is 4.29. The van der Waals surface area contributed by atoms with Crippen LogP contribution in [0.15, 0.2) is 42.5 Å². The third kappa shape index (κ3) is 4.19. The quantitative estimate of drug-likeness (QED) is 0.610. The van der Waals surface area contributed by atoms with Gasteiger partial charge in [-0.1, -0.05) is 44.2 Å². The van der Waals surface area contributed by atoms with Crippen LogP contribution in [0, 0.1) is 6.92 Å². The zero-order valence-electron chi connectivity index (χ0n) is 13.6. The van der Waals surface area contributed by atoms with Crippen molar-refractivity contribution in [2.45, 2.75) is 33.6 Å². The lowest BCUT2D eigenvalue weighted by molar-refractivity contribution is -0.134. The first kappa shape index (κ1) is 16.7. The summed E-state index contributed by atoms with van der Waals surface area (Å²) in [6, 6.07) is 12.9. The molecule has 4 heteroatoms. The average Bonchev–Trinajstić information content (AvgIpc) is 2.56. The minimum atomic E-state index is -0.288. The molecule has 23 heavy (non-hydrogen) atoms. The van der Waals surface area contributed by atoms with Gasteiger partial charge in [-0.15, -0.1) is 0 Å². The summed E-state index contributed by atoms with van der Waals surface area (Å²) < 4.78 is 10.7. The number of aryl methyl sites for hydroxylation is 1. The minimum absolute atomic E-state index is 0.283. The molecule has 2 aromatic rings. The van der Waals surface area contributed by atoms with E-state index in [9.17, 15) is 9.59 Å². The zero-order valence-corrected chi connectivity index (χ0v) is 13.6. The van der Waals surface area contributed by atoms with E-state index in [0.717, 1.165) is 16.7 Å². The number of ether oxygens (including phenoxy) is 2. The van der Waals surface area contributed by atoms with Crippen LogP contribution < -0.4 is 9.47 Å². The monoisotopic (exact) mass is 312 g/mol. The Morgan fingerprint density at radius 1 is 0.913 bits per heavy atom. The molecular weight excluding hydrogens is 292 g/mol. The van der Waals surface area contributed by atoms with Crippen LogP contribution in [0.1, 0.15) is 32.3 Å². The Labute approximate surface area is 136 Å². The van der Waals surface area contributed by atoms with E-state index < -0.39 is 0 Å². The molecule has 0 N–H and O–H groups in total. The van der Waals surface area contributed by atoms with Gasteiger partial charge in [-0.2, -0.15) is 0 Å². The zero-order chi connectivity index (χ0) is 16.8. The number of hydrogen-bond acceptors (Lipinski definition) is 4. The molecule has 2 aromatic carbocycles. The van der Waals surface area contributed by atoms with Gasteiger partial charge in [0.2, 0.25) is 0 Å². The Morgan fingerprint density at radius 3 is 2.26 bits per heavy atom. The first-order valence-corrected chi connectivity index (χ1v) is 7.66. The van der Waals surface area contributed by atoms with Crippen molar-refractivity contribution in [3.63, 3.8) is 0 Å². The Morgan fingerprint density at radius 2 is 1.57 bits per heavy atom. The van der Waals surface area contributed by atoms with E-state index in [-0.39, 0.29) is 11.9 Å². The minimum Gasteiger partial charge on any atom is -0.427 e. The third-order valence-electron chi connectivity index (χ3n) is 3.38. The fourth-order valence-corrected chi connectivity index (χ4v) is 2.13. The maximum absolute atomic E-state index is 11.7. The van der Waals surface area contributed by atoms with E-state index in [0.29, 0.717) is 24.3 Å². The normalized spacial score (nSPS) is 10.2. The van der Waals surface area contributed by atoms with E-state index in [1.54, 1.807) is 32.0 Å². The van der Waals surface area contributed by atoms with Gasteiger partial charge in [-0.25, -0.2) is 0 Å². The maximum Gasteiger partial charge on any atom is 0.310 e. The van der Waals surface area contributed by atoms with E-state index in [2.05, 4.69) is 0 Å². The second-order valence-electron chi connectivity index (χ2n) is 5.13. The molecule has 0 aliphatic rings. The lowest BCUT2D eigenvalue weighted by Gasteiger charge is -2.13. The molecule has 4 nitrogen and oxygen atoms in total. The van der Waals surface area contributed by atoms with E-state index in [1.165, 1.54) is 0 Å². The highest BCUT2D eigenvalue weighted by Gasteiger charge is 2.13. The van der Waals surface area contributed by atoms with Crippen molar-refractivity contribution in [3.05, 3.63) is 48.0 Å². The Bertz CT molecular complexity index is 719. The lowest BCUT2D eigenvalue weighted by atomic mass is 10.0. The lowest BCUT2D eigenvalue weighted by Crippen LogP contribution is -2.08. The Hall–Kier alpha value is -2.62. The largest absolute Gasteiger partial charge is 0.427 e. The summed E-state index contributed by atoms with van der Waals surface area (Å²) >= 11 is 0. The molecule has 0 unspecified atom stereocenters. The highest BCUT2D eigenvalue weighted by molar-refractivity contribution is 5.80. The molecular formula is C19H20O4. The van der Waals surface area contributed by atoms with Crippen molar-refractivity contribution in [2.75, 3.05) is 0 Å². The molecule has 0 amide bonds. The fourth-order valence-electron chi connectivity index (χ4n) is 2.13. The van der Waals surface area contributed by atoms with Gasteiger partial charge in [0, 0.05) is 18.4 Å². The number of hydrogen-bond donors (Lipinski definition) is 0. The van der Waals surface area contributed by atoms with Crippen molar-refractivity contribution < 1.29 is 19.1 Å². The van der Waals surface area contributed by atoms with Crippen molar-refractivity contribution in [2.24, 2.45) is 0 Å². The van der Waals surface area contributed by atoms with Gasteiger partial charge in [0.25, 0.3) is 0 Å². The van der Waals surface area contributed by atoms with Gasteiger partial charge in [0.05, 0.1) is 0 Å². The van der Waals surface area contributed by atoms with Gasteiger partial charge >= 0.3 is 11.9 Å². The van der Waals surface area contributed by atoms with E-state index in [1.807, 2.05) is 31.2 Å². The summed E-state index contributed by atoms with van der Waals surface area (Å²) in [7, 11) is 0. The summed E-state index contributed by atoms with van der Waals surface area (Å²) in [6.45, 7) is 5.39. The molecule has 0 atom stereocenters. The van der Waals surface area contributed by atoms with Crippen LogP contribution in [-0.2, 0) is 9.59 Å². The molecule has 0 heterocycles. The van der Waals surface area contributed by atoms with Crippen LogP contribution in [-0.4, -0.2) is 11.9 Å². The van der Waals surface area contributed by atoms with Gasteiger partial charge in [0.15, 0.2) is 0 Å². The predicted molar refractivity (Wildman–Crippen MR) is 88.5 cm³/mol. The molecule has 120 valence electrons. The van der Waals surface area contributed by atoms with Crippen molar-refractivity contribution >= 4 is 11.9 Å². The van der Waals surface area contributed by atoms with E-state index in [4.69, 9.17) is 9.47 Å². The Kier molecular flexibility index (Phi) is 5.52. The number of para-hydroxylation sites is 1. The molecule has 0 saturated carbocycles. The van der Waals surface area contributed by atoms with Crippen LogP contribution in [0.3, 0.4) is 0 Å². The maximum atomic E-state index is 11.7. The topological polar surface area (TPSA) is 52.6 Å². The number of esters is 2. The number of benzene rings is 2. The van der Waals surface area contributed by atoms with Gasteiger partial charge in [-0.3, -0.25) is 9.59 Å². The Balaban J connectivity index is 2.42. The standard InChI is InChI=1S/C19H20O4/c1-4-17(20)22-15-10-7-9-14(12-15)16-11-6-8-13(3)19(16)23-18(21)5-2/h6-12H,4-5H2,1-3H3. The first-order chi connectivity index (χ1) is 11.0. The number of carbonyl (C=O) groups is 2. The van der Waals surface area contributed by atoms with Gasteiger partial charge in [-0.05, 0) is 30.2 Å². The molecule has 0 saturated heterocycles. The number of carbonyl (C=O) groups excluding carboxylic acids is 2. The second-order valence-corrected chi connectivity index (χ2v) is 5.13. The molecule has 0 radical (unpaired) electrons. The molecule has 0 aliphatic carbocycles. The van der Waals surface area contributed by atoms with Crippen LogP contribution >= 0.6 is 0 Å². The summed E-state index contributed by atoms with van der Waals surface area (Å²) in [6.07, 6.45) is 0.621. The molecule has 0 aliphatic heterocycles. The van der Waals surface area contributed by atoms with E-state index >= 15 is 0 Å². The molecule has 0 spiro atoms. The van der Waals surface area contributed by atoms with Crippen molar-refractivity contribution in [3.8, 4) is 22.6 Å². The van der Waals surface area contributed by atoms with Crippen LogP contribution in [0.25, 0.3) is 11.1 Å². The summed E-state index contributed by atoms with van der Waals surface area (Å²) in [5.74, 6) is 0.445. The van der Waals surface area contributed by atoms with Crippen LogP contribution in [0.2, 0.25) is 0 Å². The number of rotatable bonds is 5. The smallest absolute Gasteiger partial charge is 0.310 e. The highest BCUT2D eigenvalue weighted by Crippen LogP contribution is 2.34. The van der Waals surface area contributed by atoms with Crippen molar-refractivity contribution in [1.29, 1.82) is 0 Å². The first-order valence-electron chi connectivity index (χ1n) is 7.66. The molecule has 0 fully saturated rings. The SMILES string of the molecule is CCC(=O)Oc1cccc(-c2cccc(C)c2OC(=O)CC)c1. The molecule has 0 bridgehead atoms. The van der Waals surface area contributed by atoms with Crippen LogP contribution in [0.4, 0.5) is 0 Å². The highest BCUT2D eigenvalue weighted by atomic mass is 16.5. The summed E-state index contributed by atoms with van der Waals surface area (Å²) in [5.41, 5.74) is 2.50. The second kappa shape index (κ2) is 7.58. The van der Waals surface area contributed by atoms with Gasteiger partial charge in [0.1, 0.15) is 11.5 Å². The molecule has 2 rings (SSSR count). The third-order valence-corrected chi connectivity index (χ3v) is 3.38. The van der Waals surface area contributed by atoms with Gasteiger partial charge < -0.3 is 9.47 Å². The fraction of sp³-hybridized carbons (Fsp3) is 0.263. The summed E-state index contributed by atoms with van der Waals surface area (Å²) in [5, 5.41) is 0. The molecule has 0 aromatic heterocycles. The van der Waals surface area contributed by atoms with Crippen molar-refractivity contribution in [1.82, 2.24) is 0 Å². The summed E-state index contributed by atoms with van der Waals surface area (Å²) in [4.78, 5) is 23.1.